The molecule has 3 rings (SSSR count). The van der Waals surface area contributed by atoms with Crippen LogP contribution < -0.4 is 15.4 Å². The Morgan fingerprint density at radius 3 is 2.52 bits per heavy atom. The maximum Gasteiger partial charge on any atom is 0.274 e. The summed E-state index contributed by atoms with van der Waals surface area (Å²) in [5, 5.41) is 5.36. The molecule has 0 spiro atoms. The second kappa shape index (κ2) is 9.09. The number of methoxy groups -OCH3 is 1. The zero-order valence-electron chi connectivity index (χ0n) is 16.0. The minimum Gasteiger partial charge on any atom is -0.497 e. The highest BCUT2D eigenvalue weighted by atomic mass is 19.1. The van der Waals surface area contributed by atoms with Crippen molar-refractivity contribution in [2.45, 2.75) is 13.3 Å². The molecule has 8 heteroatoms. The van der Waals surface area contributed by atoms with Crippen LogP contribution in [0.15, 0.2) is 48.5 Å². The molecule has 1 heterocycles. The number of ether oxygens (including phenoxy) is 1. The van der Waals surface area contributed by atoms with Gasteiger partial charge in [0.2, 0.25) is 0 Å². The van der Waals surface area contributed by atoms with Gasteiger partial charge in [-0.2, -0.15) is 0 Å². The molecule has 0 unspecified atom stereocenters. The van der Waals surface area contributed by atoms with Crippen LogP contribution in [0.3, 0.4) is 0 Å². The van der Waals surface area contributed by atoms with E-state index >= 15 is 0 Å². The van der Waals surface area contributed by atoms with Gasteiger partial charge in [-0.25, -0.2) is 18.7 Å². The van der Waals surface area contributed by atoms with Crippen LogP contribution in [0.5, 0.6) is 5.75 Å². The Hall–Kier alpha value is -3.55. The van der Waals surface area contributed by atoms with Gasteiger partial charge < -0.3 is 15.4 Å². The Balaban J connectivity index is 1.68. The van der Waals surface area contributed by atoms with Crippen molar-refractivity contribution in [1.82, 2.24) is 9.97 Å². The number of aromatic nitrogens is 2. The van der Waals surface area contributed by atoms with E-state index < -0.39 is 23.2 Å². The van der Waals surface area contributed by atoms with Crippen LogP contribution in [0.4, 0.5) is 20.3 Å². The number of carbonyl (C=O) groups is 1. The minimum absolute atomic E-state index is 0.00373. The quantitative estimate of drug-likeness (QED) is 0.630. The van der Waals surface area contributed by atoms with E-state index in [1.807, 2.05) is 24.3 Å². The molecule has 3 aromatic rings. The number of hydrogen-bond donors (Lipinski definition) is 2. The van der Waals surface area contributed by atoms with Crippen LogP contribution in [0.25, 0.3) is 0 Å². The summed E-state index contributed by atoms with van der Waals surface area (Å²) in [5.74, 6) is -0.869. The molecule has 6 nitrogen and oxygen atoms in total. The molecule has 0 fully saturated rings. The Morgan fingerprint density at radius 2 is 1.79 bits per heavy atom. The van der Waals surface area contributed by atoms with Gasteiger partial charge in [0.15, 0.2) is 0 Å². The van der Waals surface area contributed by atoms with Crippen LogP contribution in [0.2, 0.25) is 0 Å². The van der Waals surface area contributed by atoms with Crippen molar-refractivity contribution in [3.63, 3.8) is 0 Å². The van der Waals surface area contributed by atoms with Crippen molar-refractivity contribution in [2.24, 2.45) is 0 Å². The molecule has 2 aromatic carbocycles. The number of anilines is 2. The predicted molar refractivity (Wildman–Crippen MR) is 106 cm³/mol. The van der Waals surface area contributed by atoms with E-state index in [-0.39, 0.29) is 5.69 Å². The van der Waals surface area contributed by atoms with Crippen molar-refractivity contribution in [1.29, 1.82) is 0 Å². The van der Waals surface area contributed by atoms with Crippen LogP contribution in [-0.2, 0) is 6.42 Å². The number of aryl methyl sites for hydroxylation is 1. The summed E-state index contributed by atoms with van der Waals surface area (Å²) in [7, 11) is 1.61. The molecule has 0 radical (unpaired) electrons. The van der Waals surface area contributed by atoms with Crippen LogP contribution in [-0.4, -0.2) is 29.5 Å². The lowest BCUT2D eigenvalue weighted by atomic mass is 10.1. The third-order valence-corrected chi connectivity index (χ3v) is 4.13. The van der Waals surface area contributed by atoms with E-state index in [1.54, 1.807) is 14.0 Å². The molecule has 0 bridgehead atoms. The molecule has 150 valence electrons. The summed E-state index contributed by atoms with van der Waals surface area (Å²) in [6, 6.07) is 12.5. The van der Waals surface area contributed by atoms with Crippen molar-refractivity contribution in [2.75, 3.05) is 24.3 Å². The first-order valence-electron chi connectivity index (χ1n) is 8.94. The molecule has 1 amide bonds. The molecular formula is C21H20F2N4O2. The molecule has 1 aromatic heterocycles. The zero-order chi connectivity index (χ0) is 20.8. The number of rotatable bonds is 7. The molecule has 0 saturated heterocycles. The third kappa shape index (κ3) is 5.25. The third-order valence-electron chi connectivity index (χ3n) is 4.13. The molecule has 0 aliphatic carbocycles. The molecule has 0 aliphatic heterocycles. The van der Waals surface area contributed by atoms with Crippen molar-refractivity contribution >= 4 is 17.4 Å². The highest BCUT2D eigenvalue weighted by Gasteiger charge is 2.16. The lowest BCUT2D eigenvalue weighted by Crippen LogP contribution is -2.18. The Bertz CT molecular complexity index is 1010. The van der Waals surface area contributed by atoms with Gasteiger partial charge in [-0.15, -0.1) is 0 Å². The maximum atomic E-state index is 13.8. The van der Waals surface area contributed by atoms with Gasteiger partial charge in [0.25, 0.3) is 5.91 Å². The summed E-state index contributed by atoms with van der Waals surface area (Å²) in [5.41, 5.74) is 0.570. The topological polar surface area (TPSA) is 76.1 Å². The van der Waals surface area contributed by atoms with Gasteiger partial charge in [-0.05, 0) is 43.2 Å². The number of nitrogens with one attached hydrogen (secondary N) is 2. The van der Waals surface area contributed by atoms with Crippen molar-refractivity contribution in [3.8, 4) is 5.75 Å². The number of para-hydroxylation sites is 1. The normalized spacial score (nSPS) is 10.5. The lowest BCUT2D eigenvalue weighted by Gasteiger charge is -2.10. The summed E-state index contributed by atoms with van der Waals surface area (Å²) in [6.07, 6.45) is 0.711. The van der Waals surface area contributed by atoms with Crippen molar-refractivity contribution < 1.29 is 18.3 Å². The SMILES string of the molecule is COc1cccc(CCNc2cc(C(=O)Nc3c(F)cccc3F)nc(C)n2)c1. The minimum atomic E-state index is -0.860. The number of amides is 1. The van der Waals surface area contributed by atoms with E-state index in [0.29, 0.717) is 24.6 Å². The fourth-order valence-corrected chi connectivity index (χ4v) is 2.73. The predicted octanol–water partition coefficient (Wildman–Crippen LogP) is 3.98. The fraction of sp³-hybridized carbons (Fsp3) is 0.190. The van der Waals surface area contributed by atoms with Crippen LogP contribution in [0.1, 0.15) is 21.9 Å². The van der Waals surface area contributed by atoms with Gasteiger partial charge in [-0.1, -0.05) is 18.2 Å². The monoisotopic (exact) mass is 398 g/mol. The molecule has 29 heavy (non-hydrogen) atoms. The first kappa shape index (κ1) is 20.2. The Labute approximate surface area is 167 Å². The van der Waals surface area contributed by atoms with Gasteiger partial charge >= 0.3 is 0 Å². The van der Waals surface area contributed by atoms with Crippen LogP contribution >= 0.6 is 0 Å². The van der Waals surface area contributed by atoms with E-state index in [2.05, 4.69) is 20.6 Å². The Morgan fingerprint density at radius 1 is 1.07 bits per heavy atom. The molecular weight excluding hydrogens is 378 g/mol. The standard InChI is InChI=1S/C21H20F2N4O2/c1-13-25-18(21(28)27-20-16(22)7-4-8-17(20)23)12-19(26-13)24-10-9-14-5-3-6-15(11-14)29-2/h3-8,11-12H,9-10H2,1-2H3,(H,27,28)(H,24,25,26). The van der Waals surface area contributed by atoms with E-state index in [1.165, 1.54) is 12.1 Å². The molecule has 2 N–H and O–H groups in total. The number of benzene rings is 2. The molecule has 0 saturated carbocycles. The van der Waals surface area contributed by atoms with E-state index in [9.17, 15) is 13.6 Å². The summed E-state index contributed by atoms with van der Waals surface area (Å²) >= 11 is 0. The summed E-state index contributed by atoms with van der Waals surface area (Å²) in [4.78, 5) is 20.7. The van der Waals surface area contributed by atoms with Crippen LogP contribution in [0, 0.1) is 18.6 Å². The highest BCUT2D eigenvalue weighted by molar-refractivity contribution is 6.03. The second-order valence-electron chi connectivity index (χ2n) is 6.26. The number of halogens is 2. The van der Waals surface area contributed by atoms with Crippen molar-refractivity contribution in [3.05, 3.63) is 77.2 Å². The van der Waals surface area contributed by atoms with Gasteiger partial charge in [0.05, 0.1) is 7.11 Å². The summed E-state index contributed by atoms with van der Waals surface area (Å²) in [6.45, 7) is 2.19. The van der Waals surface area contributed by atoms with E-state index in [0.717, 1.165) is 23.4 Å². The van der Waals surface area contributed by atoms with Gasteiger partial charge in [-0.3, -0.25) is 4.79 Å². The van der Waals surface area contributed by atoms with E-state index in [4.69, 9.17) is 4.74 Å². The average Bonchev–Trinajstić information content (AvgIpc) is 2.70. The maximum absolute atomic E-state index is 13.8. The fourth-order valence-electron chi connectivity index (χ4n) is 2.73. The first-order valence-corrected chi connectivity index (χ1v) is 8.94. The zero-order valence-corrected chi connectivity index (χ0v) is 16.0. The first-order chi connectivity index (χ1) is 14.0. The summed E-state index contributed by atoms with van der Waals surface area (Å²) < 4.78 is 32.7. The number of carbonyl (C=O) groups excluding carboxylic acids is 1. The number of nitrogens with zero attached hydrogens (tertiary/aromatic N) is 2. The Kier molecular flexibility index (Phi) is 6.33. The second-order valence-corrected chi connectivity index (χ2v) is 6.26. The average molecular weight is 398 g/mol. The highest BCUT2D eigenvalue weighted by Crippen LogP contribution is 2.19. The smallest absolute Gasteiger partial charge is 0.274 e. The number of hydrogen-bond acceptors (Lipinski definition) is 5. The lowest BCUT2D eigenvalue weighted by molar-refractivity contribution is 0.102. The largest absolute Gasteiger partial charge is 0.497 e. The molecule has 0 atom stereocenters. The van der Waals surface area contributed by atoms with Gasteiger partial charge in [0, 0.05) is 12.6 Å². The van der Waals surface area contributed by atoms with Gasteiger partial charge in [0.1, 0.15) is 40.4 Å². The molecule has 0 aliphatic rings.